The molecule has 2 aromatic heterocycles. The molecule has 0 N–H and O–H groups in total. The van der Waals surface area contributed by atoms with Gasteiger partial charge in [0.05, 0.1) is 0 Å². The summed E-state index contributed by atoms with van der Waals surface area (Å²) in [6.45, 7) is 0. The Labute approximate surface area is 90.4 Å². The molecule has 0 saturated heterocycles. The van der Waals surface area contributed by atoms with E-state index >= 15 is 0 Å². The van der Waals surface area contributed by atoms with Crippen molar-refractivity contribution in [1.82, 2.24) is 19.5 Å². The molecule has 0 aliphatic heterocycles. The van der Waals surface area contributed by atoms with Gasteiger partial charge in [-0.15, -0.1) is 0 Å². The lowest BCUT2D eigenvalue weighted by molar-refractivity contribution is 0.636. The standard InChI is InChI=1S/C11H7FN4/c12-9-3-1-2-8-10(9)14-6-15-11(8)16-5-4-13-7-16/h1-7H. The summed E-state index contributed by atoms with van der Waals surface area (Å²) >= 11 is 0. The molecule has 78 valence electrons. The van der Waals surface area contributed by atoms with Gasteiger partial charge in [-0.3, -0.25) is 4.57 Å². The fraction of sp³-hybridized carbons (Fsp3) is 0. The first kappa shape index (κ1) is 8.96. The Morgan fingerprint density at radius 2 is 2.12 bits per heavy atom. The van der Waals surface area contributed by atoms with Crippen LogP contribution in [0, 0.1) is 5.82 Å². The number of fused-ring (bicyclic) bond motifs is 1. The lowest BCUT2D eigenvalue weighted by Crippen LogP contribution is -1.97. The molecular formula is C11H7FN4. The normalized spacial score (nSPS) is 10.8. The van der Waals surface area contributed by atoms with E-state index in [4.69, 9.17) is 0 Å². The second-order valence-electron chi connectivity index (χ2n) is 3.30. The largest absolute Gasteiger partial charge is 0.290 e. The summed E-state index contributed by atoms with van der Waals surface area (Å²) in [6.07, 6.45) is 6.37. The van der Waals surface area contributed by atoms with Gasteiger partial charge in [0, 0.05) is 17.8 Å². The number of imidazole rings is 1. The maximum Gasteiger partial charge on any atom is 0.149 e. The van der Waals surface area contributed by atoms with E-state index in [-0.39, 0.29) is 5.82 Å². The predicted molar refractivity (Wildman–Crippen MR) is 56.6 cm³/mol. The minimum absolute atomic E-state index is 0.321. The van der Waals surface area contributed by atoms with E-state index in [1.54, 1.807) is 35.4 Å². The summed E-state index contributed by atoms with van der Waals surface area (Å²) in [7, 11) is 0. The maximum atomic E-state index is 13.5. The van der Waals surface area contributed by atoms with Crippen molar-refractivity contribution in [3.63, 3.8) is 0 Å². The smallest absolute Gasteiger partial charge is 0.149 e. The van der Waals surface area contributed by atoms with Crippen molar-refractivity contribution in [2.45, 2.75) is 0 Å². The molecule has 0 amide bonds. The van der Waals surface area contributed by atoms with Crippen molar-refractivity contribution in [2.24, 2.45) is 0 Å². The van der Waals surface area contributed by atoms with E-state index in [1.807, 2.05) is 0 Å². The quantitative estimate of drug-likeness (QED) is 0.621. The minimum Gasteiger partial charge on any atom is -0.290 e. The lowest BCUT2D eigenvalue weighted by Gasteiger charge is -2.05. The number of halogens is 1. The second kappa shape index (κ2) is 3.37. The van der Waals surface area contributed by atoms with Crippen molar-refractivity contribution in [2.75, 3.05) is 0 Å². The molecule has 0 fully saturated rings. The van der Waals surface area contributed by atoms with Gasteiger partial charge in [-0.05, 0) is 12.1 Å². The van der Waals surface area contributed by atoms with E-state index in [2.05, 4.69) is 15.0 Å². The first-order valence-corrected chi connectivity index (χ1v) is 4.74. The Morgan fingerprint density at radius 3 is 2.94 bits per heavy atom. The zero-order valence-electron chi connectivity index (χ0n) is 8.21. The summed E-state index contributed by atoms with van der Waals surface area (Å²) in [5, 5.41) is 0.667. The zero-order chi connectivity index (χ0) is 11.0. The maximum absolute atomic E-state index is 13.5. The summed E-state index contributed by atoms with van der Waals surface area (Å²) in [5.74, 6) is 0.281. The molecule has 1 aromatic carbocycles. The second-order valence-corrected chi connectivity index (χ2v) is 3.30. The van der Waals surface area contributed by atoms with Gasteiger partial charge in [0.15, 0.2) is 0 Å². The molecule has 0 saturated carbocycles. The number of para-hydroxylation sites is 1. The number of benzene rings is 1. The monoisotopic (exact) mass is 214 g/mol. The highest BCUT2D eigenvalue weighted by Crippen LogP contribution is 2.19. The van der Waals surface area contributed by atoms with Gasteiger partial charge in [0.25, 0.3) is 0 Å². The Balaban J connectivity index is 2.38. The van der Waals surface area contributed by atoms with Gasteiger partial charge in [0.2, 0.25) is 0 Å². The Hall–Kier alpha value is -2.30. The SMILES string of the molecule is Fc1cccc2c(-n3ccnc3)ncnc12. The fourth-order valence-corrected chi connectivity index (χ4v) is 1.63. The van der Waals surface area contributed by atoms with Crippen LogP contribution < -0.4 is 0 Å². The van der Waals surface area contributed by atoms with Crippen LogP contribution >= 0.6 is 0 Å². The van der Waals surface area contributed by atoms with E-state index in [0.29, 0.717) is 16.7 Å². The Morgan fingerprint density at radius 1 is 1.19 bits per heavy atom. The van der Waals surface area contributed by atoms with Gasteiger partial charge in [-0.2, -0.15) is 0 Å². The topological polar surface area (TPSA) is 43.6 Å². The van der Waals surface area contributed by atoms with E-state index in [1.165, 1.54) is 12.4 Å². The van der Waals surface area contributed by atoms with Crippen LogP contribution in [0.4, 0.5) is 4.39 Å². The van der Waals surface area contributed by atoms with Crippen molar-refractivity contribution < 1.29 is 4.39 Å². The van der Waals surface area contributed by atoms with Gasteiger partial charge in [-0.1, -0.05) is 6.07 Å². The summed E-state index contributed by atoms with van der Waals surface area (Å²) in [6, 6.07) is 4.81. The Bertz CT molecular complexity index is 634. The third-order valence-corrected chi connectivity index (χ3v) is 2.34. The molecule has 4 nitrogen and oxygen atoms in total. The third kappa shape index (κ3) is 1.25. The van der Waals surface area contributed by atoms with Crippen LogP contribution in [0.1, 0.15) is 0 Å². The summed E-state index contributed by atoms with van der Waals surface area (Å²) in [5.41, 5.74) is 0.321. The lowest BCUT2D eigenvalue weighted by atomic mass is 10.2. The molecule has 16 heavy (non-hydrogen) atoms. The number of hydrogen-bond acceptors (Lipinski definition) is 3. The molecule has 0 aliphatic rings. The molecule has 5 heteroatoms. The van der Waals surface area contributed by atoms with Crippen molar-refractivity contribution in [3.8, 4) is 5.82 Å². The van der Waals surface area contributed by atoms with Crippen molar-refractivity contribution in [3.05, 3.63) is 49.1 Å². The van der Waals surface area contributed by atoms with Gasteiger partial charge in [0.1, 0.15) is 29.8 Å². The average molecular weight is 214 g/mol. The third-order valence-electron chi connectivity index (χ3n) is 2.34. The van der Waals surface area contributed by atoms with Crippen LogP contribution in [-0.4, -0.2) is 19.5 Å². The van der Waals surface area contributed by atoms with Crippen molar-refractivity contribution >= 4 is 10.9 Å². The number of hydrogen-bond donors (Lipinski definition) is 0. The minimum atomic E-state index is -0.346. The van der Waals surface area contributed by atoms with Crippen LogP contribution in [0.5, 0.6) is 0 Å². The molecule has 2 heterocycles. The van der Waals surface area contributed by atoms with Crippen LogP contribution in [0.3, 0.4) is 0 Å². The van der Waals surface area contributed by atoms with Crippen LogP contribution in [0.25, 0.3) is 16.7 Å². The highest BCUT2D eigenvalue weighted by molar-refractivity contribution is 5.85. The first-order valence-electron chi connectivity index (χ1n) is 4.74. The van der Waals surface area contributed by atoms with Crippen molar-refractivity contribution in [1.29, 1.82) is 0 Å². The molecule has 0 unspecified atom stereocenters. The first-order chi connectivity index (χ1) is 7.86. The van der Waals surface area contributed by atoms with E-state index < -0.39 is 0 Å². The average Bonchev–Trinajstić information content (AvgIpc) is 2.82. The molecule has 0 atom stereocenters. The Kier molecular flexibility index (Phi) is 1.89. The molecule has 0 spiro atoms. The van der Waals surface area contributed by atoms with Crippen LogP contribution in [0.15, 0.2) is 43.2 Å². The molecule has 3 aromatic rings. The highest BCUT2D eigenvalue weighted by atomic mass is 19.1. The molecule has 0 radical (unpaired) electrons. The predicted octanol–water partition coefficient (Wildman–Crippen LogP) is 1.95. The van der Waals surface area contributed by atoms with Gasteiger partial charge < -0.3 is 0 Å². The summed E-state index contributed by atoms with van der Waals surface area (Å²) in [4.78, 5) is 12.0. The zero-order valence-corrected chi connectivity index (χ0v) is 8.21. The molecular weight excluding hydrogens is 207 g/mol. The van der Waals surface area contributed by atoms with Crippen LogP contribution in [0.2, 0.25) is 0 Å². The van der Waals surface area contributed by atoms with E-state index in [9.17, 15) is 4.39 Å². The molecule has 0 aliphatic carbocycles. The molecule has 3 rings (SSSR count). The number of rotatable bonds is 1. The highest BCUT2D eigenvalue weighted by Gasteiger charge is 2.07. The number of nitrogens with zero attached hydrogens (tertiary/aromatic N) is 4. The van der Waals surface area contributed by atoms with Gasteiger partial charge >= 0.3 is 0 Å². The number of aromatic nitrogens is 4. The molecule has 0 bridgehead atoms. The van der Waals surface area contributed by atoms with E-state index in [0.717, 1.165) is 0 Å². The van der Waals surface area contributed by atoms with Gasteiger partial charge in [-0.25, -0.2) is 19.3 Å². The fourth-order valence-electron chi connectivity index (χ4n) is 1.63. The summed E-state index contributed by atoms with van der Waals surface area (Å²) < 4.78 is 15.2. The van der Waals surface area contributed by atoms with Crippen LogP contribution in [-0.2, 0) is 0 Å².